The second-order valence-electron chi connectivity index (χ2n) is 5.41. The largest absolute Gasteiger partial charge is 0.496 e. The summed E-state index contributed by atoms with van der Waals surface area (Å²) in [6, 6.07) is 13.2. The number of carbonyl (C=O) groups excluding carboxylic acids is 1. The van der Waals surface area contributed by atoms with Crippen molar-refractivity contribution in [2.24, 2.45) is 10.7 Å². The van der Waals surface area contributed by atoms with Crippen molar-refractivity contribution in [1.82, 2.24) is 0 Å². The summed E-state index contributed by atoms with van der Waals surface area (Å²) in [7, 11) is 2.84. The van der Waals surface area contributed by atoms with Crippen LogP contribution in [0.4, 0.5) is 5.69 Å². The van der Waals surface area contributed by atoms with Crippen LogP contribution in [-0.2, 0) is 17.7 Å². The van der Waals surface area contributed by atoms with E-state index in [1.807, 2.05) is 18.2 Å². The lowest BCUT2D eigenvalue weighted by atomic mass is 10.1. The van der Waals surface area contributed by atoms with Crippen LogP contribution in [0.15, 0.2) is 47.5 Å². The van der Waals surface area contributed by atoms with Crippen molar-refractivity contribution < 1.29 is 14.3 Å². The van der Waals surface area contributed by atoms with Gasteiger partial charge < -0.3 is 20.5 Å². The smallest absolute Gasteiger partial charge is 0.341 e. The first-order valence-corrected chi connectivity index (χ1v) is 7.98. The van der Waals surface area contributed by atoms with Gasteiger partial charge in [-0.2, -0.15) is 0 Å². The van der Waals surface area contributed by atoms with E-state index in [0.717, 1.165) is 17.7 Å². The van der Waals surface area contributed by atoms with Crippen LogP contribution < -0.4 is 15.8 Å². The molecule has 2 aromatic carbocycles. The molecule has 0 unspecified atom stereocenters. The van der Waals surface area contributed by atoms with E-state index in [2.05, 4.69) is 23.3 Å². The predicted molar refractivity (Wildman–Crippen MR) is 99.1 cm³/mol. The molecule has 0 saturated carbocycles. The minimum atomic E-state index is -0.441. The number of anilines is 1. The monoisotopic (exact) mass is 341 g/mol. The molecule has 0 bridgehead atoms. The maximum atomic E-state index is 11.7. The first kappa shape index (κ1) is 18.3. The highest BCUT2D eigenvalue weighted by Crippen LogP contribution is 2.21. The van der Waals surface area contributed by atoms with Gasteiger partial charge in [0.05, 0.1) is 20.8 Å². The van der Waals surface area contributed by atoms with E-state index >= 15 is 0 Å². The average Bonchev–Trinajstić information content (AvgIpc) is 2.65. The number of nitrogens with zero attached hydrogens (tertiary/aromatic N) is 1. The molecule has 2 rings (SSSR count). The molecule has 0 aliphatic rings. The maximum absolute atomic E-state index is 11.7. The summed E-state index contributed by atoms with van der Waals surface area (Å²) >= 11 is 0. The number of methoxy groups -OCH3 is 2. The number of hydrogen-bond acceptors (Lipinski definition) is 4. The van der Waals surface area contributed by atoms with Crippen molar-refractivity contribution in [1.29, 1.82) is 0 Å². The molecule has 6 heteroatoms. The summed E-state index contributed by atoms with van der Waals surface area (Å²) in [6.45, 7) is 2.46. The molecule has 0 amide bonds. The van der Waals surface area contributed by atoms with Gasteiger partial charge in [0, 0.05) is 5.69 Å². The number of nitrogens with one attached hydrogen (secondary N) is 1. The third kappa shape index (κ3) is 4.97. The molecule has 25 heavy (non-hydrogen) atoms. The van der Waals surface area contributed by atoms with Crippen LogP contribution >= 0.6 is 0 Å². The van der Waals surface area contributed by atoms with Gasteiger partial charge in [-0.25, -0.2) is 9.79 Å². The van der Waals surface area contributed by atoms with Crippen LogP contribution in [0.3, 0.4) is 0 Å². The fourth-order valence-corrected chi connectivity index (χ4v) is 2.35. The summed E-state index contributed by atoms with van der Waals surface area (Å²) in [5.41, 5.74) is 9.32. The summed E-state index contributed by atoms with van der Waals surface area (Å²) < 4.78 is 9.97. The Labute approximate surface area is 147 Å². The summed E-state index contributed by atoms with van der Waals surface area (Å²) in [6.07, 6.45) is 0.957. The molecular formula is C19H23N3O3. The molecule has 3 N–H and O–H groups in total. The molecule has 6 nitrogen and oxygen atoms in total. The van der Waals surface area contributed by atoms with Gasteiger partial charge in [0.1, 0.15) is 11.3 Å². The van der Waals surface area contributed by atoms with Gasteiger partial charge in [0.15, 0.2) is 5.96 Å². The van der Waals surface area contributed by atoms with Gasteiger partial charge in [-0.3, -0.25) is 0 Å². The number of aliphatic imine (C=N–C) groups is 1. The minimum absolute atomic E-state index is 0.323. The number of benzene rings is 2. The third-order valence-electron chi connectivity index (χ3n) is 3.71. The quantitative estimate of drug-likeness (QED) is 0.479. The van der Waals surface area contributed by atoms with E-state index < -0.39 is 5.97 Å². The van der Waals surface area contributed by atoms with Crippen LogP contribution in [0.2, 0.25) is 0 Å². The lowest BCUT2D eigenvalue weighted by molar-refractivity contribution is 0.0597. The molecule has 0 aromatic heterocycles. The molecule has 0 saturated heterocycles. The van der Waals surface area contributed by atoms with Crippen molar-refractivity contribution in [2.45, 2.75) is 19.9 Å². The maximum Gasteiger partial charge on any atom is 0.341 e. The van der Waals surface area contributed by atoms with Crippen LogP contribution in [0, 0.1) is 0 Å². The normalized spacial score (nSPS) is 11.1. The third-order valence-corrected chi connectivity index (χ3v) is 3.71. The van der Waals surface area contributed by atoms with Gasteiger partial charge in [-0.1, -0.05) is 25.1 Å². The van der Waals surface area contributed by atoms with Crippen molar-refractivity contribution in [2.75, 3.05) is 19.5 Å². The molecule has 0 aliphatic carbocycles. The molecule has 0 radical (unpaired) electrons. The first-order chi connectivity index (χ1) is 12.1. The number of guanidine groups is 1. The summed E-state index contributed by atoms with van der Waals surface area (Å²) in [5, 5.41) is 3.08. The highest BCUT2D eigenvalue weighted by molar-refractivity contribution is 5.93. The number of ether oxygens (including phenoxy) is 2. The Hall–Kier alpha value is -3.02. The van der Waals surface area contributed by atoms with E-state index in [1.165, 1.54) is 19.8 Å². The molecule has 0 fully saturated rings. The van der Waals surface area contributed by atoms with Gasteiger partial charge in [0.25, 0.3) is 0 Å². The summed E-state index contributed by atoms with van der Waals surface area (Å²) in [5.74, 6) is 0.329. The Bertz CT molecular complexity index is 772. The van der Waals surface area contributed by atoms with Crippen molar-refractivity contribution in [3.05, 3.63) is 59.2 Å². The van der Waals surface area contributed by atoms with E-state index in [-0.39, 0.29) is 0 Å². The fraction of sp³-hybridized carbons (Fsp3) is 0.263. The zero-order chi connectivity index (χ0) is 18.2. The second kappa shape index (κ2) is 8.73. The number of nitrogens with two attached hydrogens (primary N) is 1. The van der Waals surface area contributed by atoms with Gasteiger partial charge >= 0.3 is 5.97 Å². The van der Waals surface area contributed by atoms with Gasteiger partial charge in [0.2, 0.25) is 0 Å². The Morgan fingerprint density at radius 1 is 1.16 bits per heavy atom. The zero-order valence-electron chi connectivity index (χ0n) is 14.7. The number of rotatable bonds is 6. The number of hydrogen-bond donors (Lipinski definition) is 2. The molecule has 132 valence electrons. The van der Waals surface area contributed by atoms with E-state index in [0.29, 0.717) is 23.8 Å². The molecule has 0 atom stereocenters. The Kier molecular flexibility index (Phi) is 6.39. The molecule has 0 spiro atoms. The number of carbonyl (C=O) groups is 1. The Morgan fingerprint density at radius 3 is 2.64 bits per heavy atom. The highest BCUT2D eigenvalue weighted by Gasteiger charge is 2.12. The highest BCUT2D eigenvalue weighted by atomic mass is 16.5. The van der Waals surface area contributed by atoms with E-state index in [4.69, 9.17) is 15.2 Å². The van der Waals surface area contributed by atoms with Gasteiger partial charge in [-0.15, -0.1) is 0 Å². The molecular weight excluding hydrogens is 318 g/mol. The van der Waals surface area contributed by atoms with Gasteiger partial charge in [-0.05, 0) is 41.8 Å². The lowest BCUT2D eigenvalue weighted by Gasteiger charge is -2.09. The van der Waals surface area contributed by atoms with Crippen LogP contribution in [0.25, 0.3) is 0 Å². The molecule has 0 heterocycles. The molecule has 2 aromatic rings. The SMILES string of the molecule is CCc1cccc(NC(N)=NCc2ccc(C(=O)OC)c(OC)c2)c1. The van der Waals surface area contributed by atoms with Crippen molar-refractivity contribution in [3.8, 4) is 5.75 Å². The average molecular weight is 341 g/mol. The zero-order valence-corrected chi connectivity index (χ0v) is 14.7. The van der Waals surface area contributed by atoms with Crippen molar-refractivity contribution in [3.63, 3.8) is 0 Å². The lowest BCUT2D eigenvalue weighted by Crippen LogP contribution is -2.22. The number of esters is 1. The minimum Gasteiger partial charge on any atom is -0.496 e. The summed E-state index contributed by atoms with van der Waals surface area (Å²) in [4.78, 5) is 16.0. The van der Waals surface area contributed by atoms with Crippen LogP contribution in [-0.4, -0.2) is 26.1 Å². The second-order valence-corrected chi connectivity index (χ2v) is 5.41. The van der Waals surface area contributed by atoms with E-state index in [1.54, 1.807) is 18.2 Å². The van der Waals surface area contributed by atoms with Crippen molar-refractivity contribution >= 4 is 17.6 Å². The molecule has 0 aliphatic heterocycles. The Balaban J connectivity index is 2.08. The fourth-order valence-electron chi connectivity index (χ4n) is 2.35. The predicted octanol–water partition coefficient (Wildman–Crippen LogP) is 2.97. The van der Waals surface area contributed by atoms with E-state index in [9.17, 15) is 4.79 Å². The topological polar surface area (TPSA) is 85.9 Å². The Morgan fingerprint density at radius 2 is 1.96 bits per heavy atom. The van der Waals surface area contributed by atoms with Crippen LogP contribution in [0.5, 0.6) is 5.75 Å². The standard InChI is InChI=1S/C19H23N3O3/c1-4-13-6-5-7-15(10-13)22-19(20)21-12-14-8-9-16(18(23)25-3)17(11-14)24-2/h5-11H,4,12H2,1-3H3,(H3,20,21,22). The first-order valence-electron chi connectivity index (χ1n) is 7.98. The van der Waals surface area contributed by atoms with Crippen LogP contribution in [0.1, 0.15) is 28.4 Å². The number of aryl methyl sites for hydroxylation is 1.